The van der Waals surface area contributed by atoms with Gasteiger partial charge in [0.05, 0.1) is 12.2 Å². The maximum absolute atomic E-state index is 5.94. The Bertz CT molecular complexity index is 202. The molecule has 0 bridgehead atoms. The molecular weight excluding hydrogens is 202 g/mol. The summed E-state index contributed by atoms with van der Waals surface area (Å²) in [4.78, 5) is 0. The van der Waals surface area contributed by atoms with E-state index in [1.54, 1.807) is 0 Å². The third-order valence-electron chi connectivity index (χ3n) is 3.82. The average Bonchev–Trinajstić information content (AvgIpc) is 2.73. The molecule has 2 heterocycles. The third-order valence-corrected chi connectivity index (χ3v) is 3.82. The molecule has 2 rings (SSSR count). The highest BCUT2D eigenvalue weighted by atomic mass is 16.6. The van der Waals surface area contributed by atoms with Crippen molar-refractivity contribution in [3.63, 3.8) is 0 Å². The molecule has 0 saturated carbocycles. The minimum Gasteiger partial charge on any atom is -0.378 e. The summed E-state index contributed by atoms with van der Waals surface area (Å²) in [5.41, 5.74) is 0.0909. The van der Waals surface area contributed by atoms with Gasteiger partial charge in [-0.15, -0.1) is 0 Å². The second-order valence-corrected chi connectivity index (χ2v) is 5.23. The minimum atomic E-state index is 0.0909. The van der Waals surface area contributed by atoms with E-state index in [0.717, 1.165) is 45.2 Å². The lowest BCUT2D eigenvalue weighted by Crippen LogP contribution is -2.41. The second kappa shape index (κ2) is 5.99. The molecule has 0 amide bonds. The molecule has 2 saturated heterocycles. The quantitative estimate of drug-likeness (QED) is 0.728. The molecule has 0 radical (unpaired) electrons. The summed E-state index contributed by atoms with van der Waals surface area (Å²) in [5.74, 6) is 0.833. The van der Waals surface area contributed by atoms with Gasteiger partial charge in [0.25, 0.3) is 0 Å². The lowest BCUT2D eigenvalue weighted by atomic mass is 9.83. The van der Waals surface area contributed by atoms with Crippen LogP contribution in [0.1, 0.15) is 39.0 Å². The van der Waals surface area contributed by atoms with Crippen LogP contribution in [0.5, 0.6) is 0 Å². The van der Waals surface area contributed by atoms with Gasteiger partial charge in [-0.25, -0.2) is 0 Å². The van der Waals surface area contributed by atoms with E-state index in [0.29, 0.717) is 0 Å². The Balaban J connectivity index is 1.70. The molecule has 94 valence electrons. The van der Waals surface area contributed by atoms with Gasteiger partial charge in [0.2, 0.25) is 0 Å². The van der Waals surface area contributed by atoms with E-state index >= 15 is 0 Å². The standard InChI is InChI=1S/C13H25NO2/c1-2-6-14-7-3-12-4-8-16-13(10-12)5-9-15-11-13/h12,14H,2-11H2,1H3. The Morgan fingerprint density at radius 2 is 2.25 bits per heavy atom. The van der Waals surface area contributed by atoms with Crippen LogP contribution < -0.4 is 5.32 Å². The van der Waals surface area contributed by atoms with Gasteiger partial charge in [-0.2, -0.15) is 0 Å². The monoisotopic (exact) mass is 227 g/mol. The van der Waals surface area contributed by atoms with E-state index in [1.807, 2.05) is 0 Å². The maximum atomic E-state index is 5.94. The normalized spacial score (nSPS) is 34.7. The van der Waals surface area contributed by atoms with Crippen LogP contribution in [-0.4, -0.2) is 38.5 Å². The molecule has 0 aromatic rings. The van der Waals surface area contributed by atoms with Crippen LogP contribution in [-0.2, 0) is 9.47 Å². The van der Waals surface area contributed by atoms with Crippen molar-refractivity contribution in [2.45, 2.75) is 44.6 Å². The average molecular weight is 227 g/mol. The van der Waals surface area contributed by atoms with E-state index in [4.69, 9.17) is 9.47 Å². The molecule has 16 heavy (non-hydrogen) atoms. The van der Waals surface area contributed by atoms with Gasteiger partial charge in [0.1, 0.15) is 0 Å². The highest BCUT2D eigenvalue weighted by Gasteiger charge is 2.40. The first-order chi connectivity index (χ1) is 7.85. The molecule has 2 aliphatic rings. The van der Waals surface area contributed by atoms with E-state index in [1.165, 1.54) is 25.7 Å². The Kier molecular flexibility index (Phi) is 4.62. The van der Waals surface area contributed by atoms with Crippen molar-refractivity contribution in [2.24, 2.45) is 5.92 Å². The van der Waals surface area contributed by atoms with Crippen molar-refractivity contribution in [2.75, 3.05) is 32.9 Å². The van der Waals surface area contributed by atoms with Crippen molar-refractivity contribution in [1.29, 1.82) is 0 Å². The molecule has 2 unspecified atom stereocenters. The third kappa shape index (κ3) is 3.19. The van der Waals surface area contributed by atoms with E-state index in [2.05, 4.69) is 12.2 Å². The molecular formula is C13H25NO2. The predicted molar refractivity (Wildman–Crippen MR) is 64.6 cm³/mol. The second-order valence-electron chi connectivity index (χ2n) is 5.23. The van der Waals surface area contributed by atoms with Crippen molar-refractivity contribution in [3.8, 4) is 0 Å². The molecule has 3 nitrogen and oxygen atoms in total. The Morgan fingerprint density at radius 3 is 3.00 bits per heavy atom. The SMILES string of the molecule is CCCNCCC1CCOC2(CCOC2)C1. The van der Waals surface area contributed by atoms with Crippen LogP contribution in [0.2, 0.25) is 0 Å². The van der Waals surface area contributed by atoms with E-state index < -0.39 is 0 Å². The molecule has 0 aromatic heterocycles. The van der Waals surface area contributed by atoms with Crippen molar-refractivity contribution >= 4 is 0 Å². The first kappa shape index (κ1) is 12.3. The van der Waals surface area contributed by atoms with Crippen LogP contribution in [0, 0.1) is 5.92 Å². The summed E-state index contributed by atoms with van der Waals surface area (Å²) in [7, 11) is 0. The van der Waals surface area contributed by atoms with Gasteiger partial charge in [-0.3, -0.25) is 0 Å². The topological polar surface area (TPSA) is 30.5 Å². The molecule has 0 aromatic carbocycles. The van der Waals surface area contributed by atoms with Gasteiger partial charge in [0, 0.05) is 19.6 Å². The Labute approximate surface area is 98.9 Å². The fourth-order valence-electron chi connectivity index (χ4n) is 2.85. The molecule has 1 spiro atoms. The summed E-state index contributed by atoms with van der Waals surface area (Å²) in [6.45, 7) is 7.17. The molecule has 2 aliphatic heterocycles. The largest absolute Gasteiger partial charge is 0.378 e. The highest BCUT2D eigenvalue weighted by Crippen LogP contribution is 2.36. The van der Waals surface area contributed by atoms with Gasteiger partial charge >= 0.3 is 0 Å². The van der Waals surface area contributed by atoms with E-state index in [9.17, 15) is 0 Å². The van der Waals surface area contributed by atoms with Gasteiger partial charge in [0.15, 0.2) is 0 Å². The maximum Gasteiger partial charge on any atom is 0.0939 e. The van der Waals surface area contributed by atoms with Crippen molar-refractivity contribution < 1.29 is 9.47 Å². The van der Waals surface area contributed by atoms with Crippen LogP contribution in [0.25, 0.3) is 0 Å². The summed E-state index contributed by atoms with van der Waals surface area (Å²) < 4.78 is 11.4. The lowest BCUT2D eigenvalue weighted by Gasteiger charge is -2.37. The summed E-state index contributed by atoms with van der Waals surface area (Å²) in [6, 6.07) is 0. The molecule has 3 heteroatoms. The predicted octanol–water partition coefficient (Wildman–Crippen LogP) is 1.96. The first-order valence-corrected chi connectivity index (χ1v) is 6.77. The van der Waals surface area contributed by atoms with Gasteiger partial charge < -0.3 is 14.8 Å². The Hall–Kier alpha value is -0.120. The van der Waals surface area contributed by atoms with Crippen molar-refractivity contribution in [1.82, 2.24) is 5.32 Å². The van der Waals surface area contributed by atoms with Crippen LogP contribution in [0.15, 0.2) is 0 Å². The zero-order valence-electron chi connectivity index (χ0n) is 10.5. The van der Waals surface area contributed by atoms with E-state index in [-0.39, 0.29) is 5.60 Å². The van der Waals surface area contributed by atoms with Crippen LogP contribution >= 0.6 is 0 Å². The number of ether oxygens (including phenoxy) is 2. The number of hydrogen-bond acceptors (Lipinski definition) is 3. The molecule has 1 N–H and O–H groups in total. The summed E-state index contributed by atoms with van der Waals surface area (Å²) in [5, 5.41) is 3.49. The summed E-state index contributed by atoms with van der Waals surface area (Å²) >= 11 is 0. The smallest absolute Gasteiger partial charge is 0.0939 e. The Morgan fingerprint density at radius 1 is 1.31 bits per heavy atom. The number of nitrogens with one attached hydrogen (secondary N) is 1. The highest BCUT2D eigenvalue weighted by molar-refractivity contribution is 4.90. The summed E-state index contributed by atoms with van der Waals surface area (Å²) in [6.07, 6.45) is 6.07. The molecule has 2 fully saturated rings. The lowest BCUT2D eigenvalue weighted by molar-refractivity contribution is -0.0986. The number of rotatable bonds is 5. The fraction of sp³-hybridized carbons (Fsp3) is 1.00. The first-order valence-electron chi connectivity index (χ1n) is 6.77. The van der Waals surface area contributed by atoms with Gasteiger partial charge in [-0.05, 0) is 44.7 Å². The van der Waals surface area contributed by atoms with Gasteiger partial charge in [-0.1, -0.05) is 6.92 Å². The molecule has 0 aliphatic carbocycles. The fourth-order valence-corrected chi connectivity index (χ4v) is 2.85. The van der Waals surface area contributed by atoms with Crippen LogP contribution in [0.4, 0.5) is 0 Å². The molecule has 2 atom stereocenters. The minimum absolute atomic E-state index is 0.0909. The zero-order valence-corrected chi connectivity index (χ0v) is 10.5. The van der Waals surface area contributed by atoms with Crippen molar-refractivity contribution in [3.05, 3.63) is 0 Å². The van der Waals surface area contributed by atoms with Crippen LogP contribution in [0.3, 0.4) is 0 Å². The number of hydrogen-bond donors (Lipinski definition) is 1. The zero-order chi connectivity index (χ0) is 11.3.